The van der Waals surface area contributed by atoms with Crippen molar-refractivity contribution in [2.45, 2.75) is 13.3 Å². The summed E-state index contributed by atoms with van der Waals surface area (Å²) in [7, 11) is 0. The number of aryl methyl sites for hydroxylation is 1. The molecule has 0 aliphatic rings. The van der Waals surface area contributed by atoms with Crippen LogP contribution in [0, 0.1) is 5.53 Å². The van der Waals surface area contributed by atoms with Crippen molar-refractivity contribution in [3.05, 3.63) is 30.1 Å². The zero-order chi connectivity index (χ0) is 7.40. The van der Waals surface area contributed by atoms with E-state index in [2.05, 4.69) is 5.22 Å². The number of nitrogens with zero attached hydrogens (tertiary/aromatic N) is 2. The van der Waals surface area contributed by atoms with Gasteiger partial charge in [0.15, 0.2) is 0 Å². The van der Waals surface area contributed by atoms with E-state index in [4.69, 9.17) is 5.53 Å². The van der Waals surface area contributed by atoms with E-state index in [9.17, 15) is 0 Å². The van der Waals surface area contributed by atoms with Gasteiger partial charge in [-0.05, 0) is 12.1 Å². The molecular formula is C7H10N3+. The zero-order valence-corrected chi connectivity index (χ0v) is 5.91. The van der Waals surface area contributed by atoms with Crippen LogP contribution in [-0.2, 0) is 6.42 Å². The third-order valence-electron chi connectivity index (χ3n) is 1.39. The molecule has 1 aromatic rings. The van der Waals surface area contributed by atoms with Gasteiger partial charge in [-0.2, -0.15) is 0 Å². The van der Waals surface area contributed by atoms with Crippen LogP contribution in [0.3, 0.4) is 0 Å². The quantitative estimate of drug-likeness (QED) is 0.470. The molecule has 0 fully saturated rings. The third kappa shape index (κ3) is 1.18. The maximum atomic E-state index is 6.78. The average Bonchev–Trinajstić information content (AvgIpc) is 2.04. The molecule has 0 spiro atoms. The molecule has 0 amide bonds. The van der Waals surface area contributed by atoms with Gasteiger partial charge in [0, 0.05) is 12.0 Å². The normalized spacial score (nSPS) is 9.30. The van der Waals surface area contributed by atoms with E-state index in [-0.39, 0.29) is 0 Å². The molecular weight excluding hydrogens is 126 g/mol. The van der Waals surface area contributed by atoms with Crippen LogP contribution < -0.4 is 4.68 Å². The second kappa shape index (κ2) is 3.06. The molecule has 3 nitrogen and oxygen atoms in total. The molecule has 0 aliphatic heterocycles. The Morgan fingerprint density at radius 3 is 2.90 bits per heavy atom. The van der Waals surface area contributed by atoms with Gasteiger partial charge in [-0.25, -0.2) is 0 Å². The van der Waals surface area contributed by atoms with Crippen LogP contribution in [0.15, 0.2) is 29.6 Å². The number of aromatic nitrogens is 1. The van der Waals surface area contributed by atoms with Crippen LogP contribution in [0.4, 0.5) is 0 Å². The molecule has 0 aliphatic carbocycles. The van der Waals surface area contributed by atoms with Gasteiger partial charge < -0.3 is 0 Å². The third-order valence-corrected chi connectivity index (χ3v) is 1.39. The van der Waals surface area contributed by atoms with Crippen molar-refractivity contribution in [3.63, 3.8) is 0 Å². The monoisotopic (exact) mass is 136 g/mol. The van der Waals surface area contributed by atoms with Crippen LogP contribution in [0.2, 0.25) is 0 Å². The van der Waals surface area contributed by atoms with Gasteiger partial charge in [0.2, 0.25) is 0 Å². The van der Waals surface area contributed by atoms with Crippen molar-refractivity contribution in [2.75, 3.05) is 0 Å². The molecule has 1 rings (SSSR count). The second-order valence-electron chi connectivity index (χ2n) is 1.99. The van der Waals surface area contributed by atoms with E-state index < -0.39 is 0 Å². The first kappa shape index (κ1) is 6.86. The van der Waals surface area contributed by atoms with Gasteiger partial charge in [-0.3, -0.25) is 0 Å². The molecule has 52 valence electrons. The highest BCUT2D eigenvalue weighted by Crippen LogP contribution is 1.90. The molecule has 0 bridgehead atoms. The van der Waals surface area contributed by atoms with Crippen molar-refractivity contribution in [1.82, 2.24) is 0 Å². The summed E-state index contributed by atoms with van der Waals surface area (Å²) in [6.07, 6.45) is 2.68. The Labute approximate surface area is 59.8 Å². The lowest BCUT2D eigenvalue weighted by molar-refractivity contribution is -0.696. The van der Waals surface area contributed by atoms with Gasteiger partial charge in [-0.15, -0.1) is 4.68 Å². The summed E-state index contributed by atoms with van der Waals surface area (Å²) in [5, 5.41) is 3.31. The second-order valence-corrected chi connectivity index (χ2v) is 1.99. The number of hydrogen-bond donors (Lipinski definition) is 1. The predicted molar refractivity (Wildman–Crippen MR) is 36.6 cm³/mol. The summed E-state index contributed by atoms with van der Waals surface area (Å²) in [4.78, 5) is 0. The molecule has 1 heterocycles. The molecule has 0 aromatic carbocycles. The lowest BCUT2D eigenvalue weighted by Gasteiger charge is -1.93. The fourth-order valence-corrected chi connectivity index (χ4v) is 0.847. The molecule has 0 atom stereocenters. The van der Waals surface area contributed by atoms with Gasteiger partial charge in [0.1, 0.15) is 17.1 Å². The SMILES string of the molecule is CCc1cccc[n+]1N=N. The van der Waals surface area contributed by atoms with Gasteiger partial charge in [0.25, 0.3) is 0 Å². The first-order valence-corrected chi connectivity index (χ1v) is 3.25. The van der Waals surface area contributed by atoms with Crippen molar-refractivity contribution >= 4 is 0 Å². The highest BCUT2D eigenvalue weighted by atomic mass is 15.4. The van der Waals surface area contributed by atoms with E-state index in [0.29, 0.717) is 0 Å². The summed E-state index contributed by atoms with van der Waals surface area (Å²) in [5.74, 6) is 0. The van der Waals surface area contributed by atoms with Crippen molar-refractivity contribution in [1.29, 1.82) is 5.53 Å². The van der Waals surface area contributed by atoms with Crippen LogP contribution in [0.25, 0.3) is 0 Å². The first-order valence-electron chi connectivity index (χ1n) is 3.25. The Morgan fingerprint density at radius 2 is 2.40 bits per heavy atom. The van der Waals surface area contributed by atoms with E-state index in [1.165, 1.54) is 0 Å². The topological polar surface area (TPSA) is 40.1 Å². The standard InChI is InChI=1S/C7H10N3/c1-2-7-5-3-4-6-10(7)9-8/h3-6,8H,2H2,1H3/q+1. The van der Waals surface area contributed by atoms with E-state index >= 15 is 0 Å². The maximum Gasteiger partial charge on any atom is 0.134 e. The molecule has 1 aromatic heterocycles. The molecule has 0 saturated carbocycles. The fraction of sp³-hybridized carbons (Fsp3) is 0.286. The smallest absolute Gasteiger partial charge is 0.107 e. The average molecular weight is 136 g/mol. The van der Waals surface area contributed by atoms with Crippen LogP contribution in [0.5, 0.6) is 0 Å². The Kier molecular flexibility index (Phi) is 2.10. The lowest BCUT2D eigenvalue weighted by Crippen LogP contribution is -2.30. The van der Waals surface area contributed by atoms with Crippen LogP contribution >= 0.6 is 0 Å². The van der Waals surface area contributed by atoms with Gasteiger partial charge in [-0.1, -0.05) is 13.0 Å². The van der Waals surface area contributed by atoms with Crippen LogP contribution in [0.1, 0.15) is 12.6 Å². The van der Waals surface area contributed by atoms with E-state index in [1.54, 1.807) is 10.9 Å². The molecule has 1 N–H and O–H groups in total. The van der Waals surface area contributed by atoms with Gasteiger partial charge >= 0.3 is 0 Å². The van der Waals surface area contributed by atoms with Crippen molar-refractivity contribution < 1.29 is 4.68 Å². The highest BCUT2D eigenvalue weighted by Gasteiger charge is 1.98. The van der Waals surface area contributed by atoms with E-state index in [1.807, 2.05) is 25.1 Å². The highest BCUT2D eigenvalue weighted by molar-refractivity contribution is 4.96. The summed E-state index contributed by atoms with van der Waals surface area (Å²) >= 11 is 0. The largest absolute Gasteiger partial charge is 0.134 e. The van der Waals surface area contributed by atoms with Crippen molar-refractivity contribution in [3.8, 4) is 0 Å². The molecule has 0 radical (unpaired) electrons. The summed E-state index contributed by atoms with van der Waals surface area (Å²) < 4.78 is 1.56. The fourth-order valence-electron chi connectivity index (χ4n) is 0.847. The van der Waals surface area contributed by atoms with Gasteiger partial charge in [0.05, 0.1) is 0 Å². The molecule has 0 unspecified atom stereocenters. The summed E-state index contributed by atoms with van der Waals surface area (Å²) in [6.45, 7) is 2.04. The van der Waals surface area contributed by atoms with Crippen LogP contribution in [-0.4, -0.2) is 0 Å². The maximum absolute atomic E-state index is 6.78. The number of nitrogens with one attached hydrogen (secondary N) is 1. The minimum absolute atomic E-state index is 0.906. The number of hydrogen-bond acceptors (Lipinski definition) is 2. The van der Waals surface area contributed by atoms with Crippen molar-refractivity contribution in [2.24, 2.45) is 5.22 Å². The lowest BCUT2D eigenvalue weighted by atomic mass is 10.3. The number of pyridine rings is 1. The first-order chi connectivity index (χ1) is 4.88. The Bertz CT molecular complexity index is 232. The molecule has 10 heavy (non-hydrogen) atoms. The Balaban J connectivity index is 3.08. The Morgan fingerprint density at radius 1 is 1.60 bits per heavy atom. The minimum Gasteiger partial charge on any atom is -0.107 e. The zero-order valence-electron chi connectivity index (χ0n) is 5.91. The summed E-state index contributed by atoms with van der Waals surface area (Å²) in [6, 6.07) is 5.76. The predicted octanol–water partition coefficient (Wildman–Crippen LogP) is 1.33. The molecule has 0 saturated heterocycles. The number of rotatable bonds is 2. The summed E-state index contributed by atoms with van der Waals surface area (Å²) in [5.41, 5.74) is 7.83. The van der Waals surface area contributed by atoms with E-state index in [0.717, 1.165) is 12.1 Å². The Hall–Kier alpha value is -1.25. The minimum atomic E-state index is 0.906. The molecule has 3 heteroatoms.